The molecule has 0 atom stereocenters. The molecule has 2 aromatic heterocycles. The summed E-state index contributed by atoms with van der Waals surface area (Å²) in [7, 11) is 0. The summed E-state index contributed by atoms with van der Waals surface area (Å²) in [5, 5.41) is 1.21. The quantitative estimate of drug-likeness (QED) is 0.729. The molecule has 4 heteroatoms. The number of hydrogen-bond donors (Lipinski definition) is 0. The van der Waals surface area contributed by atoms with E-state index in [1.165, 1.54) is 0 Å². The molecule has 0 fully saturated rings. The number of hydrogen-bond acceptors (Lipinski definition) is 1. The van der Waals surface area contributed by atoms with Crippen LogP contribution in [0.1, 0.15) is 5.69 Å². The molecule has 0 N–H and O–H groups in total. The summed E-state index contributed by atoms with van der Waals surface area (Å²) in [5.41, 5.74) is 1.01. The van der Waals surface area contributed by atoms with Crippen LogP contribution >= 0.6 is 23.2 Å². The van der Waals surface area contributed by atoms with Crippen LogP contribution in [0.5, 0.6) is 0 Å². The first-order chi connectivity index (χ1) is 6.70. The second kappa shape index (κ2) is 3.64. The van der Waals surface area contributed by atoms with E-state index in [1.54, 1.807) is 18.3 Å². The fraction of sp³-hybridized carbons (Fsp3) is 0.100. The Morgan fingerprint density at radius 2 is 2.00 bits per heavy atom. The van der Waals surface area contributed by atoms with Crippen LogP contribution in [0.15, 0.2) is 30.5 Å². The predicted octanol–water partition coefficient (Wildman–Crippen LogP) is 3.49. The zero-order valence-electron chi connectivity index (χ0n) is 7.54. The van der Waals surface area contributed by atoms with E-state index < -0.39 is 0 Å². The molecule has 0 aliphatic rings. The van der Waals surface area contributed by atoms with Gasteiger partial charge in [0, 0.05) is 11.9 Å². The van der Waals surface area contributed by atoms with Gasteiger partial charge in [-0.2, -0.15) is 0 Å². The van der Waals surface area contributed by atoms with E-state index in [0.29, 0.717) is 16.0 Å². The molecule has 2 aromatic rings. The molecule has 2 heterocycles. The standard InChI is InChI=1S/C10H8Cl2N2/c1-7-4-5-9(12)14(7)10-8(11)3-2-6-13-10/h2-6H,1H3. The van der Waals surface area contributed by atoms with Crippen molar-refractivity contribution in [1.82, 2.24) is 9.55 Å². The van der Waals surface area contributed by atoms with E-state index in [9.17, 15) is 0 Å². The molecule has 2 nitrogen and oxygen atoms in total. The van der Waals surface area contributed by atoms with Crippen molar-refractivity contribution in [3.63, 3.8) is 0 Å². The van der Waals surface area contributed by atoms with Crippen LogP contribution in [-0.2, 0) is 0 Å². The molecule has 0 radical (unpaired) electrons. The first-order valence-corrected chi connectivity index (χ1v) is 4.90. The average Bonchev–Trinajstić information content (AvgIpc) is 2.48. The van der Waals surface area contributed by atoms with E-state index in [4.69, 9.17) is 23.2 Å². The zero-order chi connectivity index (χ0) is 10.1. The molecule has 0 bridgehead atoms. The summed E-state index contributed by atoms with van der Waals surface area (Å²) in [4.78, 5) is 4.19. The van der Waals surface area contributed by atoms with Gasteiger partial charge in [-0.3, -0.25) is 4.57 Å². The van der Waals surface area contributed by atoms with Crippen molar-refractivity contribution in [2.75, 3.05) is 0 Å². The SMILES string of the molecule is Cc1ccc(Cl)n1-c1ncccc1Cl. The summed E-state index contributed by atoms with van der Waals surface area (Å²) < 4.78 is 1.81. The van der Waals surface area contributed by atoms with Crippen LogP contribution in [0.25, 0.3) is 5.82 Å². The summed E-state index contributed by atoms with van der Waals surface area (Å²) >= 11 is 12.0. The summed E-state index contributed by atoms with van der Waals surface area (Å²) in [6, 6.07) is 7.33. The molecule has 0 aromatic carbocycles. The van der Waals surface area contributed by atoms with Crippen molar-refractivity contribution in [3.8, 4) is 5.82 Å². The molecule has 2 rings (SSSR count). The van der Waals surface area contributed by atoms with Gasteiger partial charge in [0.2, 0.25) is 0 Å². The Morgan fingerprint density at radius 1 is 1.21 bits per heavy atom. The van der Waals surface area contributed by atoms with Gasteiger partial charge < -0.3 is 0 Å². The van der Waals surface area contributed by atoms with Crippen LogP contribution in [0.3, 0.4) is 0 Å². The maximum Gasteiger partial charge on any atom is 0.156 e. The number of rotatable bonds is 1. The second-order valence-electron chi connectivity index (χ2n) is 2.94. The number of pyridine rings is 1. The highest BCUT2D eigenvalue weighted by atomic mass is 35.5. The van der Waals surface area contributed by atoms with E-state index >= 15 is 0 Å². The number of halogens is 2. The summed E-state index contributed by atoms with van der Waals surface area (Å²) in [5.74, 6) is 0.668. The van der Waals surface area contributed by atoms with E-state index in [-0.39, 0.29) is 0 Å². The van der Waals surface area contributed by atoms with Crippen LogP contribution < -0.4 is 0 Å². The van der Waals surface area contributed by atoms with Gasteiger partial charge in [-0.05, 0) is 31.2 Å². The van der Waals surface area contributed by atoms with Gasteiger partial charge in [0.1, 0.15) is 5.15 Å². The van der Waals surface area contributed by atoms with Gasteiger partial charge in [0.15, 0.2) is 5.82 Å². The topological polar surface area (TPSA) is 17.8 Å². The van der Waals surface area contributed by atoms with Crippen molar-refractivity contribution in [3.05, 3.63) is 46.3 Å². The monoisotopic (exact) mass is 226 g/mol. The number of aryl methyl sites for hydroxylation is 1. The minimum absolute atomic E-state index is 0.591. The Balaban J connectivity index is 2.66. The van der Waals surface area contributed by atoms with Gasteiger partial charge in [0.25, 0.3) is 0 Å². The highest BCUT2D eigenvalue weighted by Crippen LogP contribution is 2.24. The van der Waals surface area contributed by atoms with E-state index in [0.717, 1.165) is 5.69 Å². The molecule has 0 saturated carbocycles. The molecule has 0 unspecified atom stereocenters. The second-order valence-corrected chi connectivity index (χ2v) is 3.74. The summed E-state index contributed by atoms with van der Waals surface area (Å²) in [6.45, 7) is 1.96. The molecule has 72 valence electrons. The lowest BCUT2D eigenvalue weighted by molar-refractivity contribution is 0.963. The van der Waals surface area contributed by atoms with Crippen molar-refractivity contribution in [1.29, 1.82) is 0 Å². The minimum Gasteiger partial charge on any atom is -0.288 e. The lowest BCUT2D eigenvalue weighted by Crippen LogP contribution is -1.99. The van der Waals surface area contributed by atoms with Crippen molar-refractivity contribution in [2.24, 2.45) is 0 Å². The van der Waals surface area contributed by atoms with E-state index in [1.807, 2.05) is 23.6 Å². The number of aromatic nitrogens is 2. The Bertz CT molecular complexity index is 443. The molecular formula is C10H8Cl2N2. The lowest BCUT2D eigenvalue weighted by atomic mass is 10.4. The van der Waals surface area contributed by atoms with Gasteiger partial charge >= 0.3 is 0 Å². The molecule has 14 heavy (non-hydrogen) atoms. The number of nitrogens with zero attached hydrogens (tertiary/aromatic N) is 2. The third-order valence-corrected chi connectivity index (χ3v) is 2.57. The Hall–Kier alpha value is -0.990. The first kappa shape index (κ1) is 9.56. The van der Waals surface area contributed by atoms with E-state index in [2.05, 4.69) is 4.98 Å². The van der Waals surface area contributed by atoms with Crippen LogP contribution in [0.4, 0.5) is 0 Å². The fourth-order valence-corrected chi connectivity index (χ4v) is 1.80. The molecule has 0 aliphatic heterocycles. The highest BCUT2D eigenvalue weighted by Gasteiger charge is 2.08. The predicted molar refractivity (Wildman–Crippen MR) is 58.3 cm³/mol. The van der Waals surface area contributed by atoms with Crippen molar-refractivity contribution >= 4 is 23.2 Å². The molecule has 0 spiro atoms. The van der Waals surface area contributed by atoms with Gasteiger partial charge in [-0.25, -0.2) is 4.98 Å². The maximum absolute atomic E-state index is 6.02. The largest absolute Gasteiger partial charge is 0.288 e. The van der Waals surface area contributed by atoms with Crippen molar-refractivity contribution in [2.45, 2.75) is 6.92 Å². The van der Waals surface area contributed by atoms with Crippen LogP contribution in [-0.4, -0.2) is 9.55 Å². The van der Waals surface area contributed by atoms with Gasteiger partial charge in [-0.1, -0.05) is 23.2 Å². The minimum atomic E-state index is 0.591. The third kappa shape index (κ3) is 1.51. The highest BCUT2D eigenvalue weighted by molar-refractivity contribution is 6.33. The Kier molecular flexibility index (Phi) is 2.48. The molecule has 0 aliphatic carbocycles. The molecule has 0 amide bonds. The first-order valence-electron chi connectivity index (χ1n) is 4.15. The average molecular weight is 227 g/mol. The van der Waals surface area contributed by atoms with Crippen LogP contribution in [0, 0.1) is 6.92 Å². The maximum atomic E-state index is 6.02. The lowest BCUT2D eigenvalue weighted by Gasteiger charge is -2.07. The normalized spacial score (nSPS) is 10.5. The Morgan fingerprint density at radius 3 is 2.57 bits per heavy atom. The van der Waals surface area contributed by atoms with Crippen molar-refractivity contribution < 1.29 is 0 Å². The molecular weight excluding hydrogens is 219 g/mol. The van der Waals surface area contributed by atoms with Crippen LogP contribution in [0.2, 0.25) is 10.2 Å². The summed E-state index contributed by atoms with van der Waals surface area (Å²) in [6.07, 6.45) is 1.69. The van der Waals surface area contributed by atoms with Gasteiger partial charge in [-0.15, -0.1) is 0 Å². The third-order valence-electron chi connectivity index (χ3n) is 1.98. The smallest absolute Gasteiger partial charge is 0.156 e. The zero-order valence-corrected chi connectivity index (χ0v) is 9.05. The fourth-order valence-electron chi connectivity index (χ4n) is 1.32. The van der Waals surface area contributed by atoms with Gasteiger partial charge in [0.05, 0.1) is 5.02 Å². The molecule has 0 saturated heterocycles. The Labute approximate surface area is 92.1 Å².